The van der Waals surface area contributed by atoms with Crippen molar-refractivity contribution in [1.82, 2.24) is 0 Å². The Morgan fingerprint density at radius 1 is 1.26 bits per heavy atom. The minimum Gasteiger partial charge on any atom is -0.489 e. The Morgan fingerprint density at radius 3 is 2.79 bits per heavy atom. The van der Waals surface area contributed by atoms with E-state index in [-0.39, 0.29) is 11.9 Å². The second-order valence-electron chi connectivity index (χ2n) is 5.42. The van der Waals surface area contributed by atoms with E-state index in [1.165, 1.54) is 5.56 Å². The molecule has 0 N–H and O–H groups in total. The Morgan fingerprint density at radius 2 is 2.05 bits per heavy atom. The summed E-state index contributed by atoms with van der Waals surface area (Å²) in [6.45, 7) is 3.68. The van der Waals surface area contributed by atoms with E-state index < -0.39 is 0 Å². The number of ketones is 1. The average molecular weight is 260 g/mol. The highest BCUT2D eigenvalue weighted by Gasteiger charge is 2.33. The van der Waals surface area contributed by atoms with Gasteiger partial charge < -0.3 is 9.47 Å². The van der Waals surface area contributed by atoms with Gasteiger partial charge in [-0.1, -0.05) is 13.0 Å². The van der Waals surface area contributed by atoms with Crippen LogP contribution < -0.4 is 4.74 Å². The maximum atomic E-state index is 12.3. The van der Waals surface area contributed by atoms with Crippen LogP contribution in [0.15, 0.2) is 18.2 Å². The third-order valence-corrected chi connectivity index (χ3v) is 4.21. The summed E-state index contributed by atoms with van der Waals surface area (Å²) in [7, 11) is 0. The van der Waals surface area contributed by atoms with Crippen LogP contribution in [-0.2, 0) is 11.2 Å². The largest absolute Gasteiger partial charge is 0.489 e. The molecule has 3 nitrogen and oxygen atoms in total. The van der Waals surface area contributed by atoms with Gasteiger partial charge in [-0.3, -0.25) is 4.79 Å². The first-order chi connectivity index (χ1) is 9.28. The van der Waals surface area contributed by atoms with Crippen LogP contribution >= 0.6 is 0 Å². The third kappa shape index (κ3) is 2.52. The van der Waals surface area contributed by atoms with E-state index in [1.807, 2.05) is 12.1 Å². The molecular formula is C16H20O3. The first kappa shape index (κ1) is 12.7. The number of carbonyl (C=O) groups is 1. The van der Waals surface area contributed by atoms with Crippen molar-refractivity contribution in [3.05, 3.63) is 29.3 Å². The summed E-state index contributed by atoms with van der Waals surface area (Å²) < 4.78 is 11.4. The highest BCUT2D eigenvalue weighted by atomic mass is 16.5. The maximum Gasteiger partial charge on any atom is 0.170 e. The van der Waals surface area contributed by atoms with Crippen LogP contribution in [0.4, 0.5) is 0 Å². The highest BCUT2D eigenvalue weighted by Crippen LogP contribution is 2.34. The van der Waals surface area contributed by atoms with Crippen LogP contribution in [0, 0.1) is 5.92 Å². The normalized spacial score (nSPS) is 23.8. The fraction of sp³-hybridized carbons (Fsp3) is 0.562. The number of benzene rings is 1. The number of hydrogen-bond acceptors (Lipinski definition) is 3. The summed E-state index contributed by atoms with van der Waals surface area (Å²) in [6, 6.07) is 5.99. The lowest BCUT2D eigenvalue weighted by molar-refractivity contribution is 0.0120. The maximum absolute atomic E-state index is 12.3. The lowest BCUT2D eigenvalue weighted by Gasteiger charge is -2.33. The lowest BCUT2D eigenvalue weighted by Crippen LogP contribution is -2.36. The second-order valence-corrected chi connectivity index (χ2v) is 5.42. The van der Waals surface area contributed by atoms with Crippen molar-refractivity contribution < 1.29 is 14.3 Å². The molecule has 3 rings (SSSR count). The molecule has 19 heavy (non-hydrogen) atoms. The number of rotatable bonds is 2. The first-order valence-corrected chi connectivity index (χ1v) is 7.18. The molecule has 1 aromatic rings. The molecule has 1 fully saturated rings. The molecule has 2 heterocycles. The molecule has 0 bridgehead atoms. The van der Waals surface area contributed by atoms with Crippen molar-refractivity contribution >= 4 is 5.78 Å². The summed E-state index contributed by atoms with van der Waals surface area (Å²) in [4.78, 5) is 12.3. The van der Waals surface area contributed by atoms with E-state index in [0.29, 0.717) is 12.3 Å². The minimum absolute atomic E-state index is 0.0383. The number of fused-ring (bicyclic) bond motifs is 1. The Labute approximate surface area is 113 Å². The Kier molecular flexibility index (Phi) is 3.56. The van der Waals surface area contributed by atoms with Gasteiger partial charge in [0.15, 0.2) is 5.78 Å². The van der Waals surface area contributed by atoms with Gasteiger partial charge in [0.2, 0.25) is 0 Å². The number of aryl methyl sites for hydroxylation is 1. The fourth-order valence-corrected chi connectivity index (χ4v) is 2.97. The van der Waals surface area contributed by atoms with Crippen LogP contribution in [-0.4, -0.2) is 25.1 Å². The molecule has 102 valence electrons. The lowest BCUT2D eigenvalue weighted by atomic mass is 9.87. The zero-order chi connectivity index (χ0) is 13.2. The number of Topliss-reactive ketones (excluding diaryl/α,β-unsaturated/α-hetero) is 1. The standard InChI is InChI=1S/C16H20O3/c1-2-11-3-4-15-13(9-11)14(17)10-16(19-15)12-5-7-18-8-6-12/h3-4,9,12,16H,2,5-8,10H2,1H3. The van der Waals surface area contributed by atoms with Crippen LogP contribution in [0.2, 0.25) is 0 Å². The number of ether oxygens (including phenoxy) is 2. The van der Waals surface area contributed by atoms with Gasteiger partial charge in [-0.25, -0.2) is 0 Å². The molecule has 0 spiro atoms. The van der Waals surface area contributed by atoms with Gasteiger partial charge in [-0.05, 0) is 37.0 Å². The highest BCUT2D eigenvalue weighted by molar-refractivity contribution is 6.00. The second kappa shape index (κ2) is 5.33. The van der Waals surface area contributed by atoms with Gasteiger partial charge in [-0.15, -0.1) is 0 Å². The number of carbonyl (C=O) groups excluding carboxylic acids is 1. The Hall–Kier alpha value is -1.35. The predicted octanol–water partition coefficient (Wildman–Crippen LogP) is 3.01. The van der Waals surface area contributed by atoms with Crippen molar-refractivity contribution in [1.29, 1.82) is 0 Å². The summed E-state index contributed by atoms with van der Waals surface area (Å²) >= 11 is 0. The van der Waals surface area contributed by atoms with Crippen molar-refractivity contribution in [2.24, 2.45) is 5.92 Å². The fourth-order valence-electron chi connectivity index (χ4n) is 2.97. The zero-order valence-electron chi connectivity index (χ0n) is 11.4. The summed E-state index contributed by atoms with van der Waals surface area (Å²) in [6.07, 6.45) is 3.51. The molecular weight excluding hydrogens is 240 g/mol. The van der Waals surface area contributed by atoms with Crippen molar-refractivity contribution in [2.75, 3.05) is 13.2 Å². The van der Waals surface area contributed by atoms with E-state index in [9.17, 15) is 4.79 Å². The zero-order valence-corrected chi connectivity index (χ0v) is 11.4. The Bertz CT molecular complexity index is 475. The van der Waals surface area contributed by atoms with Gasteiger partial charge in [-0.2, -0.15) is 0 Å². The topological polar surface area (TPSA) is 35.5 Å². The van der Waals surface area contributed by atoms with Crippen LogP contribution in [0.25, 0.3) is 0 Å². The molecule has 1 aromatic carbocycles. The summed E-state index contributed by atoms with van der Waals surface area (Å²) in [5.41, 5.74) is 1.96. The molecule has 0 aromatic heterocycles. The number of hydrogen-bond donors (Lipinski definition) is 0. The molecule has 0 aliphatic carbocycles. The monoisotopic (exact) mass is 260 g/mol. The van der Waals surface area contributed by atoms with E-state index >= 15 is 0 Å². The molecule has 1 saturated heterocycles. The third-order valence-electron chi connectivity index (χ3n) is 4.21. The molecule has 0 amide bonds. The van der Waals surface area contributed by atoms with Gasteiger partial charge in [0.25, 0.3) is 0 Å². The van der Waals surface area contributed by atoms with Crippen LogP contribution in [0.5, 0.6) is 5.75 Å². The van der Waals surface area contributed by atoms with E-state index in [1.54, 1.807) is 0 Å². The van der Waals surface area contributed by atoms with E-state index in [4.69, 9.17) is 9.47 Å². The molecule has 1 atom stereocenters. The SMILES string of the molecule is CCc1ccc2c(c1)C(=O)CC(C1CCOCC1)O2. The van der Waals surface area contributed by atoms with E-state index in [2.05, 4.69) is 13.0 Å². The predicted molar refractivity (Wildman–Crippen MR) is 72.7 cm³/mol. The first-order valence-electron chi connectivity index (χ1n) is 7.18. The molecule has 2 aliphatic rings. The van der Waals surface area contributed by atoms with Gasteiger partial charge in [0.05, 0.1) is 5.56 Å². The van der Waals surface area contributed by atoms with E-state index in [0.717, 1.165) is 43.8 Å². The summed E-state index contributed by atoms with van der Waals surface area (Å²) in [5.74, 6) is 1.45. The minimum atomic E-state index is 0.0383. The van der Waals surface area contributed by atoms with Crippen molar-refractivity contribution in [3.8, 4) is 5.75 Å². The summed E-state index contributed by atoms with van der Waals surface area (Å²) in [5, 5.41) is 0. The van der Waals surface area contributed by atoms with Crippen LogP contribution in [0.3, 0.4) is 0 Å². The van der Waals surface area contributed by atoms with Crippen molar-refractivity contribution in [2.45, 2.75) is 38.7 Å². The smallest absolute Gasteiger partial charge is 0.170 e. The molecule has 2 aliphatic heterocycles. The average Bonchev–Trinajstić information content (AvgIpc) is 2.48. The molecule has 1 unspecified atom stereocenters. The molecule has 0 saturated carbocycles. The van der Waals surface area contributed by atoms with Gasteiger partial charge in [0, 0.05) is 25.6 Å². The van der Waals surface area contributed by atoms with Crippen molar-refractivity contribution in [3.63, 3.8) is 0 Å². The molecule has 0 radical (unpaired) electrons. The van der Waals surface area contributed by atoms with Crippen LogP contribution in [0.1, 0.15) is 42.1 Å². The Balaban J connectivity index is 1.81. The molecule has 3 heteroatoms. The quantitative estimate of drug-likeness (QED) is 0.820. The van der Waals surface area contributed by atoms with Gasteiger partial charge >= 0.3 is 0 Å². The van der Waals surface area contributed by atoms with Gasteiger partial charge in [0.1, 0.15) is 11.9 Å².